The molecule has 1 unspecified atom stereocenters. The maximum absolute atomic E-state index is 12.1. The molecule has 0 spiro atoms. The van der Waals surface area contributed by atoms with Crippen LogP contribution in [0.1, 0.15) is 31.4 Å². The normalized spacial score (nSPS) is 20.6. The zero-order valence-corrected chi connectivity index (χ0v) is 13.5. The molecule has 0 bridgehead atoms. The van der Waals surface area contributed by atoms with E-state index in [1.165, 1.54) is 12.1 Å². The Morgan fingerprint density at radius 1 is 1.30 bits per heavy atom. The van der Waals surface area contributed by atoms with Gasteiger partial charge in [-0.1, -0.05) is 13.8 Å². The molecule has 4 nitrogen and oxygen atoms in total. The molecular weight excluding hydrogens is 298 g/mol. The number of rotatable bonds is 3. The smallest absolute Gasteiger partial charge is 0.261 e. The van der Waals surface area contributed by atoms with Gasteiger partial charge in [-0.25, -0.2) is 8.42 Å². The number of anilines is 1. The SMILES string of the molecule is Cc1cc(S(=O)(=O)Cl)cc(C)c1NC(=O)C1CC1(C)C. The van der Waals surface area contributed by atoms with Crippen molar-refractivity contribution < 1.29 is 13.2 Å². The molecule has 1 atom stereocenters. The number of nitrogens with one attached hydrogen (secondary N) is 1. The summed E-state index contributed by atoms with van der Waals surface area (Å²) in [6, 6.07) is 2.95. The maximum Gasteiger partial charge on any atom is 0.261 e. The van der Waals surface area contributed by atoms with E-state index in [-0.39, 0.29) is 22.1 Å². The van der Waals surface area contributed by atoms with Crippen molar-refractivity contribution in [1.29, 1.82) is 0 Å². The van der Waals surface area contributed by atoms with Gasteiger partial charge < -0.3 is 5.32 Å². The van der Waals surface area contributed by atoms with E-state index >= 15 is 0 Å². The highest BCUT2D eigenvalue weighted by Crippen LogP contribution is 2.52. The summed E-state index contributed by atoms with van der Waals surface area (Å²) in [5, 5.41) is 2.90. The van der Waals surface area contributed by atoms with E-state index < -0.39 is 9.05 Å². The minimum Gasteiger partial charge on any atom is -0.325 e. The van der Waals surface area contributed by atoms with Crippen molar-refractivity contribution >= 4 is 31.3 Å². The molecule has 0 aromatic heterocycles. The van der Waals surface area contributed by atoms with Crippen LogP contribution in [0.5, 0.6) is 0 Å². The highest BCUT2D eigenvalue weighted by atomic mass is 35.7. The van der Waals surface area contributed by atoms with E-state index in [0.29, 0.717) is 16.8 Å². The van der Waals surface area contributed by atoms with Crippen LogP contribution in [-0.4, -0.2) is 14.3 Å². The molecule has 0 saturated heterocycles. The molecule has 2 rings (SSSR count). The maximum atomic E-state index is 12.1. The average Bonchev–Trinajstić information content (AvgIpc) is 2.91. The Balaban J connectivity index is 2.28. The van der Waals surface area contributed by atoms with Crippen molar-refractivity contribution in [2.75, 3.05) is 5.32 Å². The predicted molar refractivity (Wildman–Crippen MR) is 79.5 cm³/mol. The fourth-order valence-electron chi connectivity index (χ4n) is 2.39. The molecule has 0 radical (unpaired) electrons. The molecule has 1 amide bonds. The third-order valence-electron chi connectivity index (χ3n) is 3.87. The summed E-state index contributed by atoms with van der Waals surface area (Å²) >= 11 is 0. The molecule has 1 fully saturated rings. The van der Waals surface area contributed by atoms with Gasteiger partial charge in [0.15, 0.2) is 0 Å². The number of benzene rings is 1. The van der Waals surface area contributed by atoms with Crippen LogP contribution in [0, 0.1) is 25.2 Å². The first-order valence-electron chi connectivity index (χ1n) is 6.39. The summed E-state index contributed by atoms with van der Waals surface area (Å²) in [5.41, 5.74) is 2.11. The first kappa shape index (κ1) is 15.3. The Bertz CT molecular complexity index is 657. The van der Waals surface area contributed by atoms with Crippen LogP contribution in [0.3, 0.4) is 0 Å². The van der Waals surface area contributed by atoms with Crippen LogP contribution in [-0.2, 0) is 13.8 Å². The van der Waals surface area contributed by atoms with Crippen LogP contribution in [0.4, 0.5) is 5.69 Å². The Morgan fingerprint density at radius 3 is 2.10 bits per heavy atom. The van der Waals surface area contributed by atoms with Crippen LogP contribution in [0.15, 0.2) is 17.0 Å². The lowest BCUT2D eigenvalue weighted by atomic mass is 10.1. The van der Waals surface area contributed by atoms with Crippen LogP contribution >= 0.6 is 10.7 Å². The fourth-order valence-corrected chi connectivity index (χ4v) is 3.29. The van der Waals surface area contributed by atoms with Crippen molar-refractivity contribution in [3.8, 4) is 0 Å². The van der Waals surface area contributed by atoms with E-state index in [1.807, 2.05) is 0 Å². The van der Waals surface area contributed by atoms with Gasteiger partial charge in [0, 0.05) is 22.3 Å². The summed E-state index contributed by atoms with van der Waals surface area (Å²) in [4.78, 5) is 12.2. The second kappa shape index (κ2) is 4.74. The number of hydrogen-bond donors (Lipinski definition) is 1. The van der Waals surface area contributed by atoms with Gasteiger partial charge >= 0.3 is 0 Å². The van der Waals surface area contributed by atoms with Crippen molar-refractivity contribution in [3.05, 3.63) is 23.3 Å². The standard InChI is InChI=1S/C14H18ClNO3S/c1-8-5-10(20(15,18)19)6-9(2)12(8)16-13(17)11-7-14(11,3)4/h5-6,11H,7H2,1-4H3,(H,16,17). The summed E-state index contributed by atoms with van der Waals surface area (Å²) in [5.74, 6) is 0.0143. The molecule has 6 heteroatoms. The Morgan fingerprint density at radius 2 is 1.75 bits per heavy atom. The van der Waals surface area contributed by atoms with Crippen LogP contribution in [0.2, 0.25) is 0 Å². The minimum absolute atomic E-state index is 0.0114. The molecule has 110 valence electrons. The van der Waals surface area contributed by atoms with Gasteiger partial charge in [-0.05, 0) is 48.9 Å². The predicted octanol–water partition coefficient (Wildman–Crippen LogP) is 3.22. The lowest BCUT2D eigenvalue weighted by molar-refractivity contribution is -0.118. The third-order valence-corrected chi connectivity index (χ3v) is 5.20. The summed E-state index contributed by atoms with van der Waals surface area (Å²) in [6.45, 7) is 7.62. The van der Waals surface area contributed by atoms with Crippen LogP contribution in [0.25, 0.3) is 0 Å². The summed E-state index contributed by atoms with van der Waals surface area (Å²) in [7, 11) is 1.59. The van der Waals surface area contributed by atoms with Crippen molar-refractivity contribution in [1.82, 2.24) is 0 Å². The molecule has 1 aliphatic rings. The first-order chi connectivity index (χ1) is 9.02. The number of amides is 1. The molecule has 1 aromatic carbocycles. The lowest BCUT2D eigenvalue weighted by Crippen LogP contribution is -2.18. The zero-order valence-electron chi connectivity index (χ0n) is 12.0. The monoisotopic (exact) mass is 315 g/mol. The van der Waals surface area contributed by atoms with Gasteiger partial charge in [0.25, 0.3) is 9.05 Å². The quantitative estimate of drug-likeness (QED) is 0.871. The molecule has 20 heavy (non-hydrogen) atoms. The molecule has 1 saturated carbocycles. The van der Waals surface area contributed by atoms with E-state index in [0.717, 1.165) is 6.42 Å². The Labute approximate surface area is 123 Å². The van der Waals surface area contributed by atoms with Crippen LogP contribution < -0.4 is 5.32 Å². The summed E-state index contributed by atoms with van der Waals surface area (Å²) < 4.78 is 22.7. The molecular formula is C14H18ClNO3S. The zero-order chi connectivity index (χ0) is 15.3. The van der Waals surface area contributed by atoms with Crippen molar-refractivity contribution in [3.63, 3.8) is 0 Å². The molecule has 1 aromatic rings. The first-order valence-corrected chi connectivity index (χ1v) is 8.70. The van der Waals surface area contributed by atoms with Crippen molar-refractivity contribution in [2.45, 2.75) is 39.0 Å². The van der Waals surface area contributed by atoms with E-state index in [9.17, 15) is 13.2 Å². The van der Waals surface area contributed by atoms with Gasteiger partial charge in [-0.15, -0.1) is 0 Å². The van der Waals surface area contributed by atoms with Gasteiger partial charge in [-0.3, -0.25) is 4.79 Å². The number of aryl methyl sites for hydroxylation is 2. The minimum atomic E-state index is -3.76. The molecule has 0 heterocycles. The Hall–Kier alpha value is -1.07. The second-order valence-corrected chi connectivity index (χ2v) is 8.67. The molecule has 0 aliphatic heterocycles. The van der Waals surface area contributed by atoms with Crippen molar-refractivity contribution in [2.24, 2.45) is 11.3 Å². The lowest BCUT2D eigenvalue weighted by Gasteiger charge is -2.13. The molecule has 1 N–H and O–H groups in total. The third kappa shape index (κ3) is 2.99. The number of carbonyl (C=O) groups excluding carboxylic acids is 1. The van der Waals surface area contributed by atoms with Gasteiger partial charge in [-0.2, -0.15) is 0 Å². The highest BCUT2D eigenvalue weighted by molar-refractivity contribution is 8.13. The number of carbonyl (C=O) groups is 1. The average molecular weight is 316 g/mol. The van der Waals surface area contributed by atoms with E-state index in [1.54, 1.807) is 13.8 Å². The number of hydrogen-bond acceptors (Lipinski definition) is 3. The molecule has 1 aliphatic carbocycles. The van der Waals surface area contributed by atoms with Gasteiger partial charge in [0.1, 0.15) is 0 Å². The Kier molecular flexibility index (Phi) is 3.63. The second-order valence-electron chi connectivity index (χ2n) is 6.10. The topological polar surface area (TPSA) is 63.2 Å². The largest absolute Gasteiger partial charge is 0.325 e. The fraction of sp³-hybridized carbons (Fsp3) is 0.500. The van der Waals surface area contributed by atoms with E-state index in [2.05, 4.69) is 19.2 Å². The summed E-state index contributed by atoms with van der Waals surface area (Å²) in [6.07, 6.45) is 0.880. The van der Waals surface area contributed by atoms with Gasteiger partial charge in [0.05, 0.1) is 4.90 Å². The van der Waals surface area contributed by atoms with E-state index in [4.69, 9.17) is 10.7 Å². The highest BCUT2D eigenvalue weighted by Gasteiger charge is 2.50. The van der Waals surface area contributed by atoms with Gasteiger partial charge in [0.2, 0.25) is 5.91 Å². The number of halogens is 1.